The maximum absolute atomic E-state index is 12.6. The Balaban J connectivity index is 1.75. The molecule has 1 saturated carbocycles. The second kappa shape index (κ2) is 6.24. The summed E-state index contributed by atoms with van der Waals surface area (Å²) in [6.07, 6.45) is 3.23. The lowest BCUT2D eigenvalue weighted by molar-refractivity contribution is -0.117. The minimum Gasteiger partial charge on any atom is -0.326 e. The van der Waals surface area contributed by atoms with Crippen molar-refractivity contribution < 1.29 is 13.2 Å². The number of nitrogens with zero attached hydrogens (tertiary/aromatic N) is 1. The van der Waals surface area contributed by atoms with Gasteiger partial charge in [-0.3, -0.25) is 4.79 Å². The largest absolute Gasteiger partial charge is 0.326 e. The number of carbonyl (C=O) groups excluding carboxylic acids is 1. The van der Waals surface area contributed by atoms with Gasteiger partial charge in [0.25, 0.3) is 0 Å². The average molecular weight is 377 g/mol. The Labute approximate surface area is 146 Å². The Bertz CT molecular complexity index is 715. The molecule has 3 rings (SSSR count). The molecule has 2 aliphatic rings. The molecule has 1 N–H and O–H groups in total. The molecule has 1 atom stereocenters. The minimum absolute atomic E-state index is 0.191. The van der Waals surface area contributed by atoms with Gasteiger partial charge < -0.3 is 5.32 Å². The second-order valence-corrected chi connectivity index (χ2v) is 9.48. The fourth-order valence-corrected chi connectivity index (χ4v) is 4.79. The molecule has 2 fully saturated rings. The number of carbonyl (C=O) groups is 1. The van der Waals surface area contributed by atoms with Crippen LogP contribution in [0.2, 0.25) is 0 Å². The lowest BCUT2D eigenvalue weighted by Gasteiger charge is -2.26. The summed E-state index contributed by atoms with van der Waals surface area (Å²) in [5.74, 6) is -0.740. The van der Waals surface area contributed by atoms with Crippen LogP contribution >= 0.6 is 23.2 Å². The zero-order chi connectivity index (χ0) is 16.7. The first-order valence-corrected chi connectivity index (χ1v) is 9.79. The van der Waals surface area contributed by atoms with Gasteiger partial charge in [0.1, 0.15) is 4.33 Å². The number of sulfonamides is 1. The van der Waals surface area contributed by atoms with Crippen LogP contribution in [-0.2, 0) is 14.8 Å². The van der Waals surface area contributed by atoms with E-state index in [-0.39, 0.29) is 10.8 Å². The van der Waals surface area contributed by atoms with E-state index in [2.05, 4.69) is 5.32 Å². The first-order valence-electron chi connectivity index (χ1n) is 7.60. The monoisotopic (exact) mass is 376 g/mol. The summed E-state index contributed by atoms with van der Waals surface area (Å²) < 4.78 is 25.8. The van der Waals surface area contributed by atoms with Crippen LogP contribution in [0.4, 0.5) is 5.69 Å². The van der Waals surface area contributed by atoms with Crippen molar-refractivity contribution in [3.05, 3.63) is 24.3 Å². The van der Waals surface area contributed by atoms with Gasteiger partial charge in [-0.25, -0.2) is 8.42 Å². The summed E-state index contributed by atoms with van der Waals surface area (Å²) in [5.41, 5.74) is 0.434. The number of hydrogen-bond acceptors (Lipinski definition) is 3. The molecule has 1 amide bonds. The lowest BCUT2D eigenvalue weighted by atomic mass is 10.2. The number of piperidine rings is 1. The predicted octanol–water partition coefficient (Wildman–Crippen LogP) is 2.99. The highest BCUT2D eigenvalue weighted by Gasteiger charge is 2.56. The van der Waals surface area contributed by atoms with Gasteiger partial charge in [0, 0.05) is 18.8 Å². The van der Waals surface area contributed by atoms with Crippen LogP contribution in [0.5, 0.6) is 0 Å². The van der Waals surface area contributed by atoms with E-state index < -0.39 is 20.3 Å². The molecule has 1 aromatic rings. The number of anilines is 1. The molecule has 126 valence electrons. The van der Waals surface area contributed by atoms with E-state index in [1.807, 2.05) is 0 Å². The Morgan fingerprint density at radius 3 is 2.48 bits per heavy atom. The Kier molecular flexibility index (Phi) is 4.62. The van der Waals surface area contributed by atoms with E-state index in [0.717, 1.165) is 19.3 Å². The molecule has 1 aliphatic carbocycles. The summed E-state index contributed by atoms with van der Waals surface area (Å²) >= 11 is 11.8. The van der Waals surface area contributed by atoms with Crippen molar-refractivity contribution in [1.82, 2.24) is 4.31 Å². The van der Waals surface area contributed by atoms with Crippen molar-refractivity contribution >= 4 is 44.8 Å². The molecule has 0 aromatic heterocycles. The normalized spacial score (nSPS) is 24.2. The molecule has 5 nitrogen and oxygen atoms in total. The number of halogens is 2. The third-order valence-electron chi connectivity index (χ3n) is 4.20. The van der Waals surface area contributed by atoms with Gasteiger partial charge in [-0.15, -0.1) is 23.2 Å². The van der Waals surface area contributed by atoms with Crippen LogP contribution in [0.3, 0.4) is 0 Å². The third kappa shape index (κ3) is 3.65. The SMILES string of the molecule is O=C(Nc1cccc(S(=O)(=O)N2CCCCC2)c1)[C@H]1CC1(Cl)Cl. The minimum atomic E-state index is -3.52. The lowest BCUT2D eigenvalue weighted by Crippen LogP contribution is -2.35. The average Bonchev–Trinajstić information content (AvgIpc) is 3.17. The fourth-order valence-electron chi connectivity index (χ4n) is 2.72. The van der Waals surface area contributed by atoms with Crippen LogP contribution in [0, 0.1) is 5.92 Å². The summed E-state index contributed by atoms with van der Waals surface area (Å²) in [6, 6.07) is 6.30. The molecule has 0 radical (unpaired) electrons. The molecule has 23 heavy (non-hydrogen) atoms. The van der Waals surface area contributed by atoms with E-state index in [0.29, 0.717) is 25.2 Å². The van der Waals surface area contributed by atoms with Gasteiger partial charge in [-0.1, -0.05) is 12.5 Å². The summed E-state index contributed by atoms with van der Waals surface area (Å²) in [4.78, 5) is 12.2. The molecule has 1 saturated heterocycles. The van der Waals surface area contributed by atoms with Gasteiger partial charge in [0.2, 0.25) is 15.9 Å². The number of benzene rings is 1. The summed E-state index contributed by atoms with van der Waals surface area (Å²) in [6.45, 7) is 1.09. The van der Waals surface area contributed by atoms with Crippen molar-refractivity contribution in [1.29, 1.82) is 0 Å². The molecule has 0 bridgehead atoms. The molecular formula is C15H18Cl2N2O3S. The summed E-state index contributed by atoms with van der Waals surface area (Å²) in [5, 5.41) is 2.68. The molecular weight excluding hydrogens is 359 g/mol. The van der Waals surface area contributed by atoms with Crippen molar-refractivity contribution in [2.45, 2.75) is 34.9 Å². The smallest absolute Gasteiger partial charge is 0.243 e. The first-order chi connectivity index (χ1) is 10.8. The van der Waals surface area contributed by atoms with E-state index >= 15 is 0 Å². The Hall–Kier alpha value is -0.820. The zero-order valence-electron chi connectivity index (χ0n) is 12.5. The van der Waals surface area contributed by atoms with E-state index in [9.17, 15) is 13.2 Å². The maximum Gasteiger partial charge on any atom is 0.243 e. The van der Waals surface area contributed by atoms with E-state index in [1.165, 1.54) is 10.4 Å². The maximum atomic E-state index is 12.6. The standard InChI is InChI=1S/C15H18Cl2N2O3S/c16-15(17)10-13(15)14(20)18-11-5-4-6-12(9-11)23(21,22)19-7-2-1-3-8-19/h4-6,9,13H,1-3,7-8,10H2,(H,18,20)/t13-/m1/s1. The topological polar surface area (TPSA) is 66.5 Å². The van der Waals surface area contributed by atoms with E-state index in [1.54, 1.807) is 18.2 Å². The highest BCUT2D eigenvalue weighted by Crippen LogP contribution is 2.53. The molecule has 0 spiro atoms. The van der Waals surface area contributed by atoms with Crippen LogP contribution in [0.25, 0.3) is 0 Å². The quantitative estimate of drug-likeness (QED) is 0.821. The van der Waals surface area contributed by atoms with Crippen LogP contribution < -0.4 is 5.32 Å². The zero-order valence-corrected chi connectivity index (χ0v) is 14.8. The van der Waals surface area contributed by atoms with Crippen molar-refractivity contribution in [2.75, 3.05) is 18.4 Å². The Morgan fingerprint density at radius 2 is 1.87 bits per heavy atom. The van der Waals surface area contributed by atoms with E-state index in [4.69, 9.17) is 23.2 Å². The van der Waals surface area contributed by atoms with Crippen LogP contribution in [0.15, 0.2) is 29.2 Å². The van der Waals surface area contributed by atoms with Gasteiger partial charge >= 0.3 is 0 Å². The summed E-state index contributed by atoms with van der Waals surface area (Å²) in [7, 11) is -3.52. The molecule has 0 unspecified atom stereocenters. The number of alkyl halides is 2. The molecule has 1 aliphatic heterocycles. The van der Waals surface area contributed by atoms with Gasteiger partial charge in [-0.05, 0) is 37.5 Å². The molecule has 1 heterocycles. The highest BCUT2D eigenvalue weighted by molar-refractivity contribution is 7.89. The number of nitrogens with one attached hydrogen (secondary N) is 1. The fraction of sp³-hybridized carbons (Fsp3) is 0.533. The molecule has 1 aromatic carbocycles. The number of rotatable bonds is 4. The predicted molar refractivity (Wildman–Crippen MR) is 90.2 cm³/mol. The van der Waals surface area contributed by atoms with Crippen LogP contribution in [0.1, 0.15) is 25.7 Å². The van der Waals surface area contributed by atoms with Crippen molar-refractivity contribution in [3.63, 3.8) is 0 Å². The second-order valence-electron chi connectivity index (χ2n) is 6.00. The van der Waals surface area contributed by atoms with Gasteiger partial charge in [0.15, 0.2) is 0 Å². The highest BCUT2D eigenvalue weighted by atomic mass is 35.5. The molecule has 8 heteroatoms. The first kappa shape index (κ1) is 17.0. The van der Waals surface area contributed by atoms with Crippen molar-refractivity contribution in [3.8, 4) is 0 Å². The van der Waals surface area contributed by atoms with Crippen molar-refractivity contribution in [2.24, 2.45) is 5.92 Å². The van der Waals surface area contributed by atoms with Gasteiger partial charge in [-0.2, -0.15) is 4.31 Å². The number of hydrogen-bond donors (Lipinski definition) is 1. The Morgan fingerprint density at radius 1 is 1.22 bits per heavy atom. The third-order valence-corrected chi connectivity index (χ3v) is 6.93. The number of amides is 1. The van der Waals surface area contributed by atoms with Gasteiger partial charge in [0.05, 0.1) is 10.8 Å². The van der Waals surface area contributed by atoms with Crippen LogP contribution in [-0.4, -0.2) is 36.1 Å².